The zero-order valence-corrected chi connectivity index (χ0v) is 9.36. The molecule has 0 radical (unpaired) electrons. The molecule has 4 heteroatoms. The van der Waals surface area contributed by atoms with E-state index in [2.05, 4.69) is 5.32 Å². The lowest BCUT2D eigenvalue weighted by molar-refractivity contribution is 0.0952. The summed E-state index contributed by atoms with van der Waals surface area (Å²) in [6, 6.07) is 4.75. The number of aliphatic hydroxyl groups excluding tert-OH is 1. The van der Waals surface area contributed by atoms with Gasteiger partial charge in [-0.2, -0.15) is 0 Å². The highest BCUT2D eigenvalue weighted by Gasteiger charge is 2.06. The molecule has 1 aromatic rings. The molecule has 1 rings (SSSR count). The molecule has 0 unspecified atom stereocenters. The smallest absolute Gasteiger partial charge is 0.251 e. The molecule has 88 valence electrons. The summed E-state index contributed by atoms with van der Waals surface area (Å²) in [5.74, 6) is 0.0397. The van der Waals surface area contributed by atoms with Crippen molar-refractivity contribution in [3.8, 4) is 5.75 Å². The van der Waals surface area contributed by atoms with Crippen molar-refractivity contribution in [3.05, 3.63) is 29.3 Å². The standard InChI is InChI=1S/C12H17NO3/c1-9-8-10(4-5-11(9)15)12(16)13-6-2-3-7-14/h4-5,8,14-15H,2-3,6-7H2,1H3,(H,13,16). The summed E-state index contributed by atoms with van der Waals surface area (Å²) < 4.78 is 0. The Labute approximate surface area is 94.9 Å². The van der Waals surface area contributed by atoms with Gasteiger partial charge in [-0.15, -0.1) is 0 Å². The van der Waals surface area contributed by atoms with Gasteiger partial charge in [0.25, 0.3) is 5.91 Å². The number of phenols is 1. The Morgan fingerprint density at radius 3 is 2.75 bits per heavy atom. The molecule has 0 bridgehead atoms. The molecule has 4 nitrogen and oxygen atoms in total. The minimum Gasteiger partial charge on any atom is -0.508 e. The van der Waals surface area contributed by atoms with Gasteiger partial charge in [-0.05, 0) is 43.5 Å². The summed E-state index contributed by atoms with van der Waals surface area (Å²) in [4.78, 5) is 11.6. The molecule has 0 saturated heterocycles. The predicted octanol–water partition coefficient (Wildman–Crippen LogP) is 1.20. The molecular weight excluding hydrogens is 206 g/mol. The average Bonchev–Trinajstić information content (AvgIpc) is 2.28. The van der Waals surface area contributed by atoms with Crippen molar-refractivity contribution < 1.29 is 15.0 Å². The van der Waals surface area contributed by atoms with Gasteiger partial charge in [-0.1, -0.05) is 0 Å². The van der Waals surface area contributed by atoms with Gasteiger partial charge >= 0.3 is 0 Å². The molecule has 0 aliphatic carbocycles. The van der Waals surface area contributed by atoms with Crippen molar-refractivity contribution in [1.29, 1.82) is 0 Å². The molecule has 0 aromatic heterocycles. The van der Waals surface area contributed by atoms with Gasteiger partial charge in [0.1, 0.15) is 5.75 Å². The van der Waals surface area contributed by atoms with Crippen LogP contribution in [-0.4, -0.2) is 29.3 Å². The molecule has 0 atom stereocenters. The van der Waals surface area contributed by atoms with E-state index >= 15 is 0 Å². The number of nitrogens with one attached hydrogen (secondary N) is 1. The van der Waals surface area contributed by atoms with E-state index in [4.69, 9.17) is 5.11 Å². The van der Waals surface area contributed by atoms with Gasteiger partial charge in [0, 0.05) is 18.7 Å². The van der Waals surface area contributed by atoms with E-state index in [1.165, 1.54) is 6.07 Å². The van der Waals surface area contributed by atoms with Crippen LogP contribution in [0.3, 0.4) is 0 Å². The third kappa shape index (κ3) is 3.55. The molecule has 3 N–H and O–H groups in total. The van der Waals surface area contributed by atoms with Crippen LogP contribution in [0, 0.1) is 6.92 Å². The van der Waals surface area contributed by atoms with Crippen LogP contribution in [-0.2, 0) is 0 Å². The average molecular weight is 223 g/mol. The first-order chi connectivity index (χ1) is 7.65. The van der Waals surface area contributed by atoms with Crippen LogP contribution in [0.5, 0.6) is 5.75 Å². The molecule has 0 spiro atoms. The number of rotatable bonds is 5. The topological polar surface area (TPSA) is 69.6 Å². The molecule has 0 saturated carbocycles. The molecule has 0 fully saturated rings. The summed E-state index contributed by atoms with van der Waals surface area (Å²) in [6.45, 7) is 2.45. The van der Waals surface area contributed by atoms with Crippen LogP contribution < -0.4 is 5.32 Å². The van der Waals surface area contributed by atoms with Crippen LogP contribution >= 0.6 is 0 Å². The van der Waals surface area contributed by atoms with E-state index in [0.29, 0.717) is 24.1 Å². The second kappa shape index (κ2) is 6.12. The number of hydrogen-bond acceptors (Lipinski definition) is 3. The first-order valence-electron chi connectivity index (χ1n) is 5.34. The van der Waals surface area contributed by atoms with E-state index in [0.717, 1.165) is 6.42 Å². The van der Waals surface area contributed by atoms with E-state index in [1.54, 1.807) is 19.1 Å². The Kier molecular flexibility index (Phi) is 4.79. The predicted molar refractivity (Wildman–Crippen MR) is 61.5 cm³/mol. The van der Waals surface area contributed by atoms with Gasteiger partial charge in [0.05, 0.1) is 0 Å². The second-order valence-corrected chi connectivity index (χ2v) is 3.69. The fourth-order valence-corrected chi connectivity index (χ4v) is 1.34. The van der Waals surface area contributed by atoms with Crippen LogP contribution in [0.15, 0.2) is 18.2 Å². The van der Waals surface area contributed by atoms with Crippen LogP contribution in [0.1, 0.15) is 28.8 Å². The lowest BCUT2D eigenvalue weighted by Crippen LogP contribution is -2.24. The molecular formula is C12H17NO3. The SMILES string of the molecule is Cc1cc(C(=O)NCCCCO)ccc1O. The summed E-state index contributed by atoms with van der Waals surface area (Å²) in [5, 5.41) is 20.6. The maximum atomic E-state index is 11.6. The minimum absolute atomic E-state index is 0.147. The number of phenolic OH excluding ortho intramolecular Hbond substituents is 1. The molecule has 0 heterocycles. The fraction of sp³-hybridized carbons (Fsp3) is 0.417. The first kappa shape index (κ1) is 12.5. The highest BCUT2D eigenvalue weighted by molar-refractivity contribution is 5.94. The number of unbranched alkanes of at least 4 members (excludes halogenated alkanes) is 1. The summed E-state index contributed by atoms with van der Waals surface area (Å²) in [5.41, 5.74) is 1.22. The zero-order chi connectivity index (χ0) is 12.0. The second-order valence-electron chi connectivity index (χ2n) is 3.69. The number of amides is 1. The highest BCUT2D eigenvalue weighted by atomic mass is 16.3. The van der Waals surface area contributed by atoms with Crippen molar-refractivity contribution in [2.24, 2.45) is 0 Å². The summed E-state index contributed by atoms with van der Waals surface area (Å²) >= 11 is 0. The lowest BCUT2D eigenvalue weighted by Gasteiger charge is -2.06. The number of aryl methyl sites for hydroxylation is 1. The number of aliphatic hydroxyl groups is 1. The van der Waals surface area contributed by atoms with Gasteiger partial charge in [0.15, 0.2) is 0 Å². The van der Waals surface area contributed by atoms with Gasteiger partial charge in [-0.25, -0.2) is 0 Å². The van der Waals surface area contributed by atoms with E-state index in [-0.39, 0.29) is 18.3 Å². The van der Waals surface area contributed by atoms with Crippen molar-refractivity contribution in [2.45, 2.75) is 19.8 Å². The van der Waals surface area contributed by atoms with Gasteiger partial charge in [0.2, 0.25) is 0 Å². The lowest BCUT2D eigenvalue weighted by atomic mass is 10.1. The Morgan fingerprint density at radius 2 is 2.12 bits per heavy atom. The quantitative estimate of drug-likeness (QED) is 0.657. The van der Waals surface area contributed by atoms with Crippen molar-refractivity contribution in [3.63, 3.8) is 0 Å². The molecule has 1 amide bonds. The molecule has 16 heavy (non-hydrogen) atoms. The monoisotopic (exact) mass is 223 g/mol. The Hall–Kier alpha value is -1.55. The van der Waals surface area contributed by atoms with Crippen molar-refractivity contribution >= 4 is 5.91 Å². The largest absolute Gasteiger partial charge is 0.508 e. The number of carbonyl (C=O) groups excluding carboxylic acids is 1. The number of aromatic hydroxyl groups is 1. The Morgan fingerprint density at radius 1 is 1.38 bits per heavy atom. The third-order valence-electron chi connectivity index (χ3n) is 2.33. The van der Waals surface area contributed by atoms with Gasteiger partial charge in [-0.3, -0.25) is 4.79 Å². The van der Waals surface area contributed by atoms with Crippen molar-refractivity contribution in [1.82, 2.24) is 5.32 Å². The van der Waals surface area contributed by atoms with Crippen LogP contribution in [0.2, 0.25) is 0 Å². The van der Waals surface area contributed by atoms with Crippen molar-refractivity contribution in [2.75, 3.05) is 13.2 Å². The minimum atomic E-state index is -0.152. The van der Waals surface area contributed by atoms with Gasteiger partial charge < -0.3 is 15.5 Å². The molecule has 1 aromatic carbocycles. The number of benzene rings is 1. The zero-order valence-electron chi connectivity index (χ0n) is 9.36. The van der Waals surface area contributed by atoms with Crippen LogP contribution in [0.4, 0.5) is 0 Å². The Balaban J connectivity index is 2.50. The van der Waals surface area contributed by atoms with E-state index in [1.807, 2.05) is 0 Å². The maximum absolute atomic E-state index is 11.6. The van der Waals surface area contributed by atoms with Crippen LogP contribution in [0.25, 0.3) is 0 Å². The summed E-state index contributed by atoms with van der Waals surface area (Å²) in [6.07, 6.45) is 1.45. The highest BCUT2D eigenvalue weighted by Crippen LogP contribution is 2.16. The Bertz CT molecular complexity index is 363. The van der Waals surface area contributed by atoms with E-state index < -0.39 is 0 Å². The number of hydrogen-bond donors (Lipinski definition) is 3. The molecule has 0 aliphatic heterocycles. The fourth-order valence-electron chi connectivity index (χ4n) is 1.34. The third-order valence-corrected chi connectivity index (χ3v) is 2.33. The molecule has 0 aliphatic rings. The summed E-state index contributed by atoms with van der Waals surface area (Å²) in [7, 11) is 0. The van der Waals surface area contributed by atoms with E-state index in [9.17, 15) is 9.90 Å². The number of carbonyl (C=O) groups is 1. The first-order valence-corrected chi connectivity index (χ1v) is 5.34. The maximum Gasteiger partial charge on any atom is 0.251 e. The normalized spacial score (nSPS) is 10.1.